The molecule has 0 rings (SSSR count). The van der Waals surface area contributed by atoms with E-state index in [9.17, 15) is 28.8 Å². The van der Waals surface area contributed by atoms with Crippen LogP contribution < -0.4 is 27.4 Å². The van der Waals surface area contributed by atoms with Crippen LogP contribution in [0.2, 0.25) is 0 Å². The molecule has 4 amide bonds. The Hall–Kier alpha value is -2.87. The van der Waals surface area contributed by atoms with E-state index in [-0.39, 0.29) is 0 Å². The van der Waals surface area contributed by atoms with Crippen LogP contribution in [0.4, 0.5) is 0 Å². The standard InChI is InChI=1S/C19H33N5O8S/c1-4-9(2)15(18(30)23-12(19(31)32)8-14(26)27)24-17(29)11(7-13(21)25)22-16(28)10(20)5-6-33-3/h9-12,15H,4-8,20H2,1-3H3,(H2,21,25)(H,22,28)(H,23,30)(H,24,29)(H,26,27)(H,31,32). The Kier molecular flexibility index (Phi) is 13.7. The second-order valence-electron chi connectivity index (χ2n) is 7.49. The van der Waals surface area contributed by atoms with Crippen LogP contribution in [0.15, 0.2) is 0 Å². The van der Waals surface area contributed by atoms with Gasteiger partial charge < -0.3 is 37.6 Å². The van der Waals surface area contributed by atoms with Crippen LogP contribution in [-0.4, -0.2) is 82.0 Å². The minimum Gasteiger partial charge on any atom is -0.481 e. The molecule has 0 saturated heterocycles. The fourth-order valence-electron chi connectivity index (χ4n) is 2.66. The highest BCUT2D eigenvalue weighted by molar-refractivity contribution is 7.98. The van der Waals surface area contributed by atoms with Crippen LogP contribution in [0.25, 0.3) is 0 Å². The largest absolute Gasteiger partial charge is 0.481 e. The molecule has 5 atom stereocenters. The topological polar surface area (TPSA) is 231 Å². The Morgan fingerprint density at radius 1 is 0.909 bits per heavy atom. The lowest BCUT2D eigenvalue weighted by atomic mass is 9.97. The minimum absolute atomic E-state index is 0.329. The van der Waals surface area contributed by atoms with Crippen molar-refractivity contribution in [1.29, 1.82) is 0 Å². The summed E-state index contributed by atoms with van der Waals surface area (Å²) >= 11 is 1.47. The van der Waals surface area contributed by atoms with Gasteiger partial charge in [-0.25, -0.2) is 4.79 Å². The summed E-state index contributed by atoms with van der Waals surface area (Å²) < 4.78 is 0. The average molecular weight is 492 g/mol. The number of aliphatic carboxylic acids is 2. The number of amides is 4. The number of primary amides is 1. The lowest BCUT2D eigenvalue weighted by molar-refractivity contribution is -0.147. The SMILES string of the molecule is CCC(C)C(NC(=O)C(CC(N)=O)NC(=O)C(N)CCSC)C(=O)NC(CC(=O)O)C(=O)O. The summed E-state index contributed by atoms with van der Waals surface area (Å²) in [5.74, 6) is -6.28. The highest BCUT2D eigenvalue weighted by atomic mass is 32.2. The minimum atomic E-state index is -1.71. The second kappa shape index (κ2) is 15.1. The van der Waals surface area contributed by atoms with Gasteiger partial charge in [-0.15, -0.1) is 0 Å². The van der Waals surface area contributed by atoms with Gasteiger partial charge in [0.15, 0.2) is 0 Å². The van der Waals surface area contributed by atoms with Gasteiger partial charge in [0, 0.05) is 0 Å². The molecule has 0 aliphatic rings. The van der Waals surface area contributed by atoms with Gasteiger partial charge in [0.1, 0.15) is 18.1 Å². The summed E-state index contributed by atoms with van der Waals surface area (Å²) in [4.78, 5) is 71.4. The van der Waals surface area contributed by atoms with Crippen molar-refractivity contribution in [2.24, 2.45) is 17.4 Å². The van der Waals surface area contributed by atoms with E-state index < -0.39 is 78.5 Å². The summed E-state index contributed by atoms with van der Waals surface area (Å²) in [6.07, 6.45) is 1.13. The van der Waals surface area contributed by atoms with Gasteiger partial charge in [-0.2, -0.15) is 11.8 Å². The molecule has 0 fully saturated rings. The molecule has 33 heavy (non-hydrogen) atoms. The van der Waals surface area contributed by atoms with Crippen molar-refractivity contribution in [1.82, 2.24) is 16.0 Å². The maximum Gasteiger partial charge on any atom is 0.326 e. The van der Waals surface area contributed by atoms with Crippen molar-refractivity contribution >= 4 is 47.3 Å². The van der Waals surface area contributed by atoms with Crippen LogP contribution in [0.5, 0.6) is 0 Å². The van der Waals surface area contributed by atoms with Gasteiger partial charge in [-0.3, -0.25) is 24.0 Å². The third-order valence-electron chi connectivity index (χ3n) is 4.79. The summed E-state index contributed by atoms with van der Waals surface area (Å²) in [6.45, 7) is 3.33. The predicted octanol–water partition coefficient (Wildman–Crippen LogP) is -2.00. The molecule has 0 aromatic rings. The maximum absolute atomic E-state index is 12.8. The number of hydrogen-bond acceptors (Lipinski definition) is 8. The average Bonchev–Trinajstić information content (AvgIpc) is 2.72. The zero-order chi connectivity index (χ0) is 25.7. The lowest BCUT2D eigenvalue weighted by Gasteiger charge is -2.27. The van der Waals surface area contributed by atoms with E-state index in [0.29, 0.717) is 18.6 Å². The molecule has 0 bridgehead atoms. The van der Waals surface area contributed by atoms with E-state index in [1.54, 1.807) is 13.8 Å². The van der Waals surface area contributed by atoms with Gasteiger partial charge in [0.2, 0.25) is 23.6 Å². The number of carboxylic acids is 2. The fourth-order valence-corrected chi connectivity index (χ4v) is 3.15. The molecule has 0 radical (unpaired) electrons. The van der Waals surface area contributed by atoms with E-state index in [1.165, 1.54) is 11.8 Å². The molecule has 0 aliphatic carbocycles. The molecule has 9 N–H and O–H groups in total. The van der Waals surface area contributed by atoms with E-state index in [2.05, 4.69) is 16.0 Å². The number of rotatable bonds is 16. The summed E-state index contributed by atoms with van der Waals surface area (Å²) in [7, 11) is 0. The molecule has 0 saturated carbocycles. The molecule has 0 heterocycles. The zero-order valence-corrected chi connectivity index (χ0v) is 19.6. The van der Waals surface area contributed by atoms with E-state index in [4.69, 9.17) is 21.7 Å². The fraction of sp³-hybridized carbons (Fsp3) is 0.684. The number of carboxylic acid groups (broad SMARTS) is 2. The molecule has 0 aromatic carbocycles. The monoisotopic (exact) mass is 491 g/mol. The molecule has 0 aromatic heterocycles. The summed E-state index contributed by atoms with van der Waals surface area (Å²) in [5, 5.41) is 24.8. The first-order chi connectivity index (χ1) is 15.3. The first kappa shape index (κ1) is 30.1. The van der Waals surface area contributed by atoms with E-state index >= 15 is 0 Å². The van der Waals surface area contributed by atoms with Crippen LogP contribution in [-0.2, 0) is 28.8 Å². The first-order valence-corrected chi connectivity index (χ1v) is 11.6. The van der Waals surface area contributed by atoms with Crippen LogP contribution in [0, 0.1) is 5.92 Å². The lowest BCUT2D eigenvalue weighted by Crippen LogP contribution is -2.59. The Balaban J connectivity index is 5.55. The number of nitrogens with one attached hydrogen (secondary N) is 3. The quantitative estimate of drug-likeness (QED) is 0.125. The normalized spacial score (nSPS) is 15.3. The zero-order valence-electron chi connectivity index (χ0n) is 18.8. The Bertz CT molecular complexity index is 735. The van der Waals surface area contributed by atoms with Gasteiger partial charge in [0.05, 0.1) is 18.9 Å². The molecule has 0 spiro atoms. The van der Waals surface area contributed by atoms with Crippen molar-refractivity contribution in [2.45, 2.75) is 63.7 Å². The third-order valence-corrected chi connectivity index (χ3v) is 5.44. The molecular weight excluding hydrogens is 458 g/mol. The molecule has 14 heteroatoms. The summed E-state index contributed by atoms with van der Waals surface area (Å²) in [5.41, 5.74) is 11.0. The van der Waals surface area contributed by atoms with Crippen molar-refractivity contribution in [3.05, 3.63) is 0 Å². The van der Waals surface area contributed by atoms with Crippen LogP contribution in [0.1, 0.15) is 39.5 Å². The van der Waals surface area contributed by atoms with Crippen molar-refractivity contribution in [2.75, 3.05) is 12.0 Å². The number of nitrogens with two attached hydrogens (primary N) is 2. The van der Waals surface area contributed by atoms with Crippen LogP contribution in [0.3, 0.4) is 0 Å². The van der Waals surface area contributed by atoms with Gasteiger partial charge in [-0.05, 0) is 24.3 Å². The van der Waals surface area contributed by atoms with Crippen molar-refractivity contribution < 1.29 is 39.0 Å². The smallest absolute Gasteiger partial charge is 0.326 e. The number of carbonyl (C=O) groups excluding carboxylic acids is 4. The van der Waals surface area contributed by atoms with Gasteiger partial charge in [0.25, 0.3) is 0 Å². The Labute approximate surface area is 195 Å². The molecule has 5 unspecified atom stereocenters. The number of thioether (sulfide) groups is 1. The van der Waals surface area contributed by atoms with Crippen molar-refractivity contribution in [3.63, 3.8) is 0 Å². The molecular formula is C19H33N5O8S. The highest BCUT2D eigenvalue weighted by Gasteiger charge is 2.33. The van der Waals surface area contributed by atoms with Gasteiger partial charge >= 0.3 is 11.9 Å². The third kappa shape index (κ3) is 11.5. The Morgan fingerprint density at radius 3 is 1.94 bits per heavy atom. The molecule has 188 valence electrons. The number of carbonyl (C=O) groups is 6. The maximum atomic E-state index is 12.8. The first-order valence-electron chi connectivity index (χ1n) is 10.2. The molecule has 0 aliphatic heterocycles. The molecule has 13 nitrogen and oxygen atoms in total. The Morgan fingerprint density at radius 2 is 1.48 bits per heavy atom. The van der Waals surface area contributed by atoms with Gasteiger partial charge in [-0.1, -0.05) is 20.3 Å². The highest BCUT2D eigenvalue weighted by Crippen LogP contribution is 2.10. The summed E-state index contributed by atoms with van der Waals surface area (Å²) in [6, 6.07) is -5.32. The second-order valence-corrected chi connectivity index (χ2v) is 8.47. The van der Waals surface area contributed by atoms with Crippen LogP contribution >= 0.6 is 11.8 Å². The van der Waals surface area contributed by atoms with Crippen molar-refractivity contribution in [3.8, 4) is 0 Å². The van der Waals surface area contributed by atoms with E-state index in [0.717, 1.165) is 0 Å². The predicted molar refractivity (Wildman–Crippen MR) is 120 cm³/mol. The van der Waals surface area contributed by atoms with E-state index in [1.807, 2.05) is 6.26 Å². The number of hydrogen-bond donors (Lipinski definition) is 7.